The summed E-state index contributed by atoms with van der Waals surface area (Å²) in [5, 5.41) is 0. The van der Waals surface area contributed by atoms with Crippen LogP contribution in [0.2, 0.25) is 0 Å². The van der Waals surface area contributed by atoms with Crippen molar-refractivity contribution in [2.24, 2.45) is 5.41 Å². The van der Waals surface area contributed by atoms with Crippen LogP contribution in [0.4, 0.5) is 0 Å². The van der Waals surface area contributed by atoms with Gasteiger partial charge in [0.1, 0.15) is 0 Å². The fourth-order valence-corrected chi connectivity index (χ4v) is 1.80. The smallest absolute Gasteiger partial charge is 0.228 e. The van der Waals surface area contributed by atoms with E-state index in [2.05, 4.69) is 13.8 Å². The average Bonchev–Trinajstić information content (AvgIpc) is 2.22. The number of carbonyl (C=O) groups excluding carboxylic acids is 1. The number of methoxy groups -OCH3 is 1. The van der Waals surface area contributed by atoms with E-state index in [9.17, 15) is 4.79 Å². The molecule has 0 aromatic heterocycles. The van der Waals surface area contributed by atoms with Gasteiger partial charge in [0.05, 0.1) is 6.61 Å². The van der Waals surface area contributed by atoms with Crippen LogP contribution < -0.4 is 0 Å². The second-order valence-electron chi connectivity index (χ2n) is 5.21. The summed E-state index contributed by atoms with van der Waals surface area (Å²) in [6.45, 7) is 11.5. The van der Waals surface area contributed by atoms with Gasteiger partial charge in [0.2, 0.25) is 5.91 Å². The number of amides is 1. The van der Waals surface area contributed by atoms with Crippen molar-refractivity contribution in [3.63, 3.8) is 0 Å². The Morgan fingerprint density at radius 3 is 2.06 bits per heavy atom. The van der Waals surface area contributed by atoms with Crippen molar-refractivity contribution >= 4 is 5.91 Å². The molecule has 0 fully saturated rings. The third kappa shape index (κ3) is 4.52. The minimum atomic E-state index is -0.309. The highest BCUT2D eigenvalue weighted by Gasteiger charge is 2.30. The monoisotopic (exact) mass is 229 g/mol. The average molecular weight is 229 g/mol. The molecule has 1 amide bonds. The third-order valence-corrected chi connectivity index (χ3v) is 2.82. The topological polar surface area (TPSA) is 29.5 Å². The van der Waals surface area contributed by atoms with E-state index in [4.69, 9.17) is 4.74 Å². The molecule has 0 aromatic rings. The van der Waals surface area contributed by atoms with Crippen LogP contribution in [0.3, 0.4) is 0 Å². The van der Waals surface area contributed by atoms with Crippen LogP contribution in [-0.4, -0.2) is 37.1 Å². The highest BCUT2D eigenvalue weighted by atomic mass is 16.5. The van der Waals surface area contributed by atoms with Crippen LogP contribution >= 0.6 is 0 Å². The number of ether oxygens (including phenoxy) is 1. The molecule has 0 aliphatic rings. The summed E-state index contributed by atoms with van der Waals surface area (Å²) in [4.78, 5) is 14.3. The highest BCUT2D eigenvalue weighted by Crippen LogP contribution is 2.21. The first kappa shape index (κ1) is 15.4. The van der Waals surface area contributed by atoms with Crippen molar-refractivity contribution in [3.8, 4) is 0 Å². The second-order valence-corrected chi connectivity index (χ2v) is 5.21. The normalized spacial score (nSPS) is 11.9. The predicted octanol–water partition coefficient (Wildman–Crippen LogP) is 2.70. The molecular formula is C13H27NO2. The molecule has 0 rings (SSSR count). The standard InChI is InChI=1S/C13H27NO2/c1-7-11(8-2)14(9-10-16-6)12(15)13(3,4)5/h11H,7-10H2,1-6H3. The van der Waals surface area contributed by atoms with Gasteiger partial charge in [0.15, 0.2) is 0 Å². The number of rotatable bonds is 6. The van der Waals surface area contributed by atoms with E-state index in [-0.39, 0.29) is 11.3 Å². The van der Waals surface area contributed by atoms with Crippen LogP contribution in [0.15, 0.2) is 0 Å². The van der Waals surface area contributed by atoms with Crippen LogP contribution in [0.5, 0.6) is 0 Å². The van der Waals surface area contributed by atoms with E-state index < -0.39 is 0 Å². The van der Waals surface area contributed by atoms with Crippen molar-refractivity contribution in [2.45, 2.75) is 53.5 Å². The van der Waals surface area contributed by atoms with Gasteiger partial charge in [-0.15, -0.1) is 0 Å². The zero-order valence-electron chi connectivity index (χ0n) is 11.7. The third-order valence-electron chi connectivity index (χ3n) is 2.82. The van der Waals surface area contributed by atoms with Gasteiger partial charge in [-0.2, -0.15) is 0 Å². The minimum absolute atomic E-state index is 0.221. The molecule has 0 saturated heterocycles. The molecule has 0 bridgehead atoms. The van der Waals surface area contributed by atoms with Crippen LogP contribution in [-0.2, 0) is 9.53 Å². The van der Waals surface area contributed by atoms with Gasteiger partial charge in [-0.25, -0.2) is 0 Å². The van der Waals surface area contributed by atoms with E-state index in [0.29, 0.717) is 19.2 Å². The summed E-state index contributed by atoms with van der Waals surface area (Å²) >= 11 is 0. The summed E-state index contributed by atoms with van der Waals surface area (Å²) in [7, 11) is 1.67. The van der Waals surface area contributed by atoms with Gasteiger partial charge in [0, 0.05) is 25.1 Å². The van der Waals surface area contributed by atoms with Crippen LogP contribution in [0, 0.1) is 5.41 Å². The molecule has 0 aliphatic heterocycles. The first-order valence-corrected chi connectivity index (χ1v) is 6.18. The summed E-state index contributed by atoms with van der Waals surface area (Å²) in [5.74, 6) is 0.221. The molecule has 0 unspecified atom stereocenters. The Morgan fingerprint density at radius 2 is 1.75 bits per heavy atom. The Kier molecular flexibility index (Phi) is 6.65. The lowest BCUT2D eigenvalue weighted by atomic mass is 9.93. The first-order chi connectivity index (χ1) is 7.38. The molecule has 3 heteroatoms. The van der Waals surface area contributed by atoms with Gasteiger partial charge in [0.25, 0.3) is 0 Å². The maximum absolute atomic E-state index is 12.3. The molecular weight excluding hydrogens is 202 g/mol. The molecule has 16 heavy (non-hydrogen) atoms. The number of hydrogen-bond donors (Lipinski definition) is 0. The molecule has 0 saturated carbocycles. The van der Waals surface area contributed by atoms with Crippen molar-refractivity contribution in [1.29, 1.82) is 0 Å². The lowest BCUT2D eigenvalue weighted by Gasteiger charge is -2.35. The van der Waals surface area contributed by atoms with Crippen molar-refractivity contribution in [2.75, 3.05) is 20.3 Å². The van der Waals surface area contributed by atoms with Crippen molar-refractivity contribution in [3.05, 3.63) is 0 Å². The molecule has 0 aromatic carbocycles. The summed E-state index contributed by atoms with van der Waals surface area (Å²) < 4.78 is 5.08. The van der Waals surface area contributed by atoms with Crippen molar-refractivity contribution < 1.29 is 9.53 Å². The number of carbonyl (C=O) groups is 1. The summed E-state index contributed by atoms with van der Waals surface area (Å²) in [6.07, 6.45) is 2.00. The van der Waals surface area contributed by atoms with Gasteiger partial charge in [-0.05, 0) is 12.8 Å². The molecule has 0 heterocycles. The minimum Gasteiger partial charge on any atom is -0.383 e. The molecule has 0 N–H and O–H groups in total. The summed E-state index contributed by atoms with van der Waals surface area (Å²) in [6, 6.07) is 0.335. The molecule has 0 aliphatic carbocycles. The van der Waals surface area contributed by atoms with Gasteiger partial charge in [-0.1, -0.05) is 34.6 Å². The quantitative estimate of drug-likeness (QED) is 0.701. The van der Waals surface area contributed by atoms with Gasteiger partial charge in [-0.3, -0.25) is 4.79 Å². The lowest BCUT2D eigenvalue weighted by Crippen LogP contribution is -2.47. The van der Waals surface area contributed by atoms with E-state index >= 15 is 0 Å². The molecule has 0 radical (unpaired) electrons. The van der Waals surface area contributed by atoms with Gasteiger partial charge < -0.3 is 9.64 Å². The molecule has 0 atom stereocenters. The Balaban J connectivity index is 4.71. The fourth-order valence-electron chi connectivity index (χ4n) is 1.80. The number of hydrogen-bond acceptors (Lipinski definition) is 2. The zero-order chi connectivity index (χ0) is 12.8. The van der Waals surface area contributed by atoms with Crippen molar-refractivity contribution in [1.82, 2.24) is 4.90 Å². The van der Waals surface area contributed by atoms with E-state index in [1.54, 1.807) is 7.11 Å². The predicted molar refractivity (Wildman–Crippen MR) is 67.4 cm³/mol. The fraction of sp³-hybridized carbons (Fsp3) is 0.923. The maximum Gasteiger partial charge on any atom is 0.228 e. The Labute approximate surface area is 100 Å². The Morgan fingerprint density at radius 1 is 1.25 bits per heavy atom. The Hall–Kier alpha value is -0.570. The van der Waals surface area contributed by atoms with Crippen LogP contribution in [0.1, 0.15) is 47.5 Å². The maximum atomic E-state index is 12.3. The lowest BCUT2D eigenvalue weighted by molar-refractivity contribution is -0.142. The van der Waals surface area contributed by atoms with Crippen LogP contribution in [0.25, 0.3) is 0 Å². The van der Waals surface area contributed by atoms with Gasteiger partial charge >= 0.3 is 0 Å². The zero-order valence-corrected chi connectivity index (χ0v) is 11.7. The molecule has 96 valence electrons. The number of nitrogens with zero attached hydrogens (tertiary/aromatic N) is 1. The largest absolute Gasteiger partial charge is 0.383 e. The van der Waals surface area contributed by atoms with E-state index in [0.717, 1.165) is 12.8 Å². The molecule has 0 spiro atoms. The summed E-state index contributed by atoms with van der Waals surface area (Å²) in [5.41, 5.74) is -0.309. The van der Waals surface area contributed by atoms with E-state index in [1.165, 1.54) is 0 Å². The molecule has 3 nitrogen and oxygen atoms in total. The Bertz CT molecular complexity index is 204. The second kappa shape index (κ2) is 6.89. The van der Waals surface area contributed by atoms with E-state index in [1.807, 2.05) is 25.7 Å². The first-order valence-electron chi connectivity index (χ1n) is 6.18. The SMILES string of the molecule is CCC(CC)N(CCOC)C(=O)C(C)(C)C. The highest BCUT2D eigenvalue weighted by molar-refractivity contribution is 5.81.